The second kappa shape index (κ2) is 4.20. The van der Waals surface area contributed by atoms with E-state index < -0.39 is 5.60 Å². The van der Waals surface area contributed by atoms with Crippen molar-refractivity contribution >= 4 is 10.9 Å². The minimum Gasteiger partial charge on any atom is -0.378 e. The van der Waals surface area contributed by atoms with Crippen LogP contribution in [0.5, 0.6) is 0 Å². The van der Waals surface area contributed by atoms with Crippen LogP contribution in [0.1, 0.15) is 25.1 Å². The molecule has 0 spiro atoms. The lowest BCUT2D eigenvalue weighted by atomic mass is 10.1. The van der Waals surface area contributed by atoms with Crippen LogP contribution in [0, 0.1) is 18.8 Å². The Hall–Kier alpha value is -1.85. The Morgan fingerprint density at radius 1 is 1.18 bits per heavy atom. The molecule has 1 heterocycles. The largest absolute Gasteiger partial charge is 0.378 e. The monoisotopic (exact) mass is 225 g/mol. The van der Waals surface area contributed by atoms with Crippen LogP contribution in [-0.2, 0) is 0 Å². The van der Waals surface area contributed by atoms with Gasteiger partial charge >= 0.3 is 0 Å². The normalized spacial score (nSPS) is 11.1. The van der Waals surface area contributed by atoms with Crippen LogP contribution in [0.2, 0.25) is 0 Å². The van der Waals surface area contributed by atoms with Crippen LogP contribution >= 0.6 is 0 Å². The number of benzene rings is 1. The minimum atomic E-state index is -0.958. The summed E-state index contributed by atoms with van der Waals surface area (Å²) in [6.45, 7) is 5.32. The first kappa shape index (κ1) is 11.6. The van der Waals surface area contributed by atoms with E-state index in [1.807, 2.05) is 37.3 Å². The number of nitrogens with zero attached hydrogens (tertiary/aromatic N) is 1. The molecule has 0 atom stereocenters. The van der Waals surface area contributed by atoms with Gasteiger partial charge in [-0.2, -0.15) is 0 Å². The van der Waals surface area contributed by atoms with Gasteiger partial charge in [-0.25, -0.2) is 0 Å². The highest BCUT2D eigenvalue weighted by Crippen LogP contribution is 2.14. The second-order valence-electron chi connectivity index (χ2n) is 4.67. The molecule has 17 heavy (non-hydrogen) atoms. The molecular weight excluding hydrogens is 210 g/mol. The van der Waals surface area contributed by atoms with Gasteiger partial charge in [0, 0.05) is 16.6 Å². The van der Waals surface area contributed by atoms with Gasteiger partial charge in [0.2, 0.25) is 0 Å². The van der Waals surface area contributed by atoms with Gasteiger partial charge in [-0.3, -0.25) is 4.98 Å². The highest BCUT2D eigenvalue weighted by molar-refractivity contribution is 5.80. The van der Waals surface area contributed by atoms with E-state index in [-0.39, 0.29) is 0 Å². The molecule has 1 aromatic carbocycles. The van der Waals surface area contributed by atoms with E-state index in [9.17, 15) is 5.11 Å². The van der Waals surface area contributed by atoms with Gasteiger partial charge < -0.3 is 5.11 Å². The zero-order chi connectivity index (χ0) is 12.5. The van der Waals surface area contributed by atoms with E-state index in [1.54, 1.807) is 13.8 Å². The Labute approximate surface area is 101 Å². The Balaban J connectivity index is 2.44. The molecule has 0 radical (unpaired) electrons. The van der Waals surface area contributed by atoms with Crippen LogP contribution in [0.4, 0.5) is 0 Å². The van der Waals surface area contributed by atoms with E-state index in [1.165, 1.54) is 0 Å². The van der Waals surface area contributed by atoms with Crippen molar-refractivity contribution in [1.29, 1.82) is 0 Å². The summed E-state index contributed by atoms with van der Waals surface area (Å²) in [6.07, 6.45) is 0. The summed E-state index contributed by atoms with van der Waals surface area (Å²) in [7, 11) is 0. The molecule has 1 aromatic heterocycles. The van der Waals surface area contributed by atoms with Gasteiger partial charge in [-0.15, -0.1) is 0 Å². The third-order valence-corrected chi connectivity index (χ3v) is 2.34. The van der Waals surface area contributed by atoms with E-state index in [4.69, 9.17) is 0 Å². The number of aromatic nitrogens is 1. The average molecular weight is 225 g/mol. The Bertz CT molecular complexity index is 612. The van der Waals surface area contributed by atoms with Gasteiger partial charge in [0.15, 0.2) is 0 Å². The maximum absolute atomic E-state index is 9.54. The lowest BCUT2D eigenvalue weighted by Crippen LogP contribution is -2.14. The van der Waals surface area contributed by atoms with Crippen molar-refractivity contribution in [2.24, 2.45) is 0 Å². The molecule has 1 N–H and O–H groups in total. The van der Waals surface area contributed by atoms with Crippen molar-refractivity contribution in [3.63, 3.8) is 0 Å². The van der Waals surface area contributed by atoms with Crippen LogP contribution in [0.25, 0.3) is 10.9 Å². The molecule has 2 nitrogen and oxygen atoms in total. The Kier molecular flexibility index (Phi) is 2.87. The van der Waals surface area contributed by atoms with E-state index in [2.05, 4.69) is 16.8 Å². The summed E-state index contributed by atoms with van der Waals surface area (Å²) in [6, 6.07) is 9.88. The maximum atomic E-state index is 9.54. The zero-order valence-electron chi connectivity index (χ0n) is 10.3. The van der Waals surface area contributed by atoms with Crippen molar-refractivity contribution in [3.05, 3.63) is 41.6 Å². The van der Waals surface area contributed by atoms with Crippen molar-refractivity contribution in [2.45, 2.75) is 26.4 Å². The molecule has 0 aliphatic heterocycles. The Morgan fingerprint density at radius 2 is 1.94 bits per heavy atom. The lowest BCUT2D eigenvalue weighted by Gasteiger charge is -2.06. The van der Waals surface area contributed by atoms with Crippen molar-refractivity contribution in [2.75, 3.05) is 0 Å². The fourth-order valence-corrected chi connectivity index (χ4v) is 1.53. The number of aliphatic hydroxyl groups is 1. The van der Waals surface area contributed by atoms with E-state index >= 15 is 0 Å². The number of rotatable bonds is 0. The van der Waals surface area contributed by atoms with Gasteiger partial charge in [0.05, 0.1) is 5.52 Å². The molecule has 0 aliphatic rings. The van der Waals surface area contributed by atoms with Crippen LogP contribution in [0.15, 0.2) is 30.3 Å². The highest BCUT2D eigenvalue weighted by Gasteiger charge is 2.05. The third kappa shape index (κ3) is 3.05. The molecule has 0 fully saturated rings. The van der Waals surface area contributed by atoms with Gasteiger partial charge in [0.25, 0.3) is 0 Å². The smallest absolute Gasteiger partial charge is 0.120 e. The number of aryl methyl sites for hydroxylation is 1. The maximum Gasteiger partial charge on any atom is 0.120 e. The molecule has 0 bridgehead atoms. The number of pyridine rings is 1. The SMILES string of the molecule is Cc1ccc2cc(C#CC(C)(C)O)ccc2n1. The number of hydrogen-bond acceptors (Lipinski definition) is 2. The first-order chi connectivity index (χ1) is 7.94. The topological polar surface area (TPSA) is 33.1 Å². The van der Waals surface area contributed by atoms with Crippen molar-refractivity contribution in [1.82, 2.24) is 4.98 Å². The molecule has 0 saturated heterocycles. The number of fused-ring (bicyclic) bond motifs is 1. The number of hydrogen-bond donors (Lipinski definition) is 1. The molecule has 0 amide bonds. The van der Waals surface area contributed by atoms with Crippen LogP contribution < -0.4 is 0 Å². The lowest BCUT2D eigenvalue weighted by molar-refractivity contribution is 0.143. The summed E-state index contributed by atoms with van der Waals surface area (Å²) in [5.41, 5.74) is 1.91. The summed E-state index contributed by atoms with van der Waals surface area (Å²) in [5.74, 6) is 5.76. The summed E-state index contributed by atoms with van der Waals surface area (Å²) in [4.78, 5) is 4.43. The predicted molar refractivity (Wildman–Crippen MR) is 69.7 cm³/mol. The van der Waals surface area contributed by atoms with Gasteiger partial charge in [-0.1, -0.05) is 17.9 Å². The molecule has 86 valence electrons. The molecule has 2 aromatic rings. The highest BCUT2D eigenvalue weighted by atomic mass is 16.3. The molecule has 2 heteroatoms. The van der Waals surface area contributed by atoms with E-state index in [0.717, 1.165) is 22.2 Å². The minimum absolute atomic E-state index is 0.894. The molecule has 0 unspecified atom stereocenters. The fraction of sp³-hybridized carbons (Fsp3) is 0.267. The quantitative estimate of drug-likeness (QED) is 0.699. The predicted octanol–water partition coefficient (Wildman–Crippen LogP) is 2.67. The zero-order valence-corrected chi connectivity index (χ0v) is 10.3. The third-order valence-electron chi connectivity index (χ3n) is 2.34. The molecular formula is C15H15NO. The summed E-state index contributed by atoms with van der Waals surface area (Å²) < 4.78 is 0. The summed E-state index contributed by atoms with van der Waals surface area (Å²) in [5, 5.41) is 10.6. The van der Waals surface area contributed by atoms with Gasteiger partial charge in [0.1, 0.15) is 5.60 Å². The molecule has 2 rings (SSSR count). The molecule has 0 aliphatic carbocycles. The first-order valence-corrected chi connectivity index (χ1v) is 5.57. The standard InChI is InChI=1S/C15H15NO/c1-11-4-6-13-10-12(5-7-14(13)16-11)8-9-15(2,3)17/h4-7,10,17H,1-3H3. The second-order valence-corrected chi connectivity index (χ2v) is 4.67. The van der Waals surface area contributed by atoms with Gasteiger partial charge in [-0.05, 0) is 45.0 Å². The average Bonchev–Trinajstić information content (AvgIpc) is 2.25. The van der Waals surface area contributed by atoms with Crippen LogP contribution in [0.3, 0.4) is 0 Å². The van der Waals surface area contributed by atoms with E-state index in [0.29, 0.717) is 0 Å². The Morgan fingerprint density at radius 3 is 2.65 bits per heavy atom. The first-order valence-electron chi connectivity index (χ1n) is 5.57. The fourth-order valence-electron chi connectivity index (χ4n) is 1.53. The summed E-state index contributed by atoms with van der Waals surface area (Å²) >= 11 is 0. The van der Waals surface area contributed by atoms with Crippen LogP contribution in [-0.4, -0.2) is 15.7 Å². The van der Waals surface area contributed by atoms with Crippen molar-refractivity contribution < 1.29 is 5.11 Å². The van der Waals surface area contributed by atoms with Crippen molar-refractivity contribution in [3.8, 4) is 11.8 Å². The molecule has 0 saturated carbocycles.